The predicted molar refractivity (Wildman–Crippen MR) is 126 cm³/mol. The van der Waals surface area contributed by atoms with Gasteiger partial charge >= 0.3 is 5.97 Å². The number of benzene rings is 2. The van der Waals surface area contributed by atoms with E-state index in [0.29, 0.717) is 24.6 Å². The maximum absolute atomic E-state index is 13.5. The van der Waals surface area contributed by atoms with E-state index in [-0.39, 0.29) is 11.9 Å². The molecule has 2 aromatic carbocycles. The second-order valence-electron chi connectivity index (χ2n) is 8.84. The van der Waals surface area contributed by atoms with Gasteiger partial charge in [-0.05, 0) is 49.4 Å². The Hall–Kier alpha value is -3.28. The normalized spacial score (nSPS) is 18.9. The van der Waals surface area contributed by atoms with Crippen LogP contribution >= 0.6 is 0 Å². The summed E-state index contributed by atoms with van der Waals surface area (Å²) < 4.78 is 4.94. The minimum absolute atomic E-state index is 0.114. The van der Waals surface area contributed by atoms with Crippen molar-refractivity contribution in [1.82, 2.24) is 9.88 Å². The van der Waals surface area contributed by atoms with E-state index in [1.807, 2.05) is 30.3 Å². The number of fused-ring (bicyclic) bond motifs is 1. The van der Waals surface area contributed by atoms with E-state index in [2.05, 4.69) is 28.5 Å². The van der Waals surface area contributed by atoms with Crippen molar-refractivity contribution < 1.29 is 14.3 Å². The van der Waals surface area contributed by atoms with Gasteiger partial charge in [-0.2, -0.15) is 0 Å². The summed E-state index contributed by atoms with van der Waals surface area (Å²) in [4.78, 5) is 30.9. The molecule has 1 saturated carbocycles. The number of rotatable bonds is 5. The lowest BCUT2D eigenvalue weighted by Crippen LogP contribution is -2.41. The number of esters is 1. The van der Waals surface area contributed by atoms with Crippen LogP contribution in [0, 0.1) is 0 Å². The summed E-state index contributed by atoms with van der Waals surface area (Å²) >= 11 is 0. The first-order chi connectivity index (χ1) is 15.6. The lowest BCUT2D eigenvalue weighted by molar-refractivity contribution is -0.145. The number of ether oxygens (including phenoxy) is 1. The molecule has 2 N–H and O–H groups in total. The van der Waals surface area contributed by atoms with Crippen molar-refractivity contribution in [3.63, 3.8) is 0 Å². The highest BCUT2D eigenvalue weighted by Crippen LogP contribution is 2.33. The zero-order valence-corrected chi connectivity index (χ0v) is 18.4. The molecule has 1 amide bonds. The molecule has 1 aromatic heterocycles. The Labute approximate surface area is 187 Å². The smallest absolute Gasteiger partial charge is 0.328 e. The van der Waals surface area contributed by atoms with Gasteiger partial charge in [-0.1, -0.05) is 43.2 Å². The van der Waals surface area contributed by atoms with Gasteiger partial charge in [-0.3, -0.25) is 4.79 Å². The topological polar surface area (TPSA) is 74.4 Å². The number of carbonyl (C=O) groups is 2. The van der Waals surface area contributed by atoms with Crippen molar-refractivity contribution in [3.05, 3.63) is 54.1 Å². The number of amides is 1. The van der Waals surface area contributed by atoms with Gasteiger partial charge < -0.3 is 19.9 Å². The Morgan fingerprint density at radius 3 is 2.56 bits per heavy atom. The molecule has 3 aromatic rings. The lowest BCUT2D eigenvalue weighted by atomic mass is 10.1. The number of carbonyl (C=O) groups excluding carboxylic acids is 2. The minimum atomic E-state index is -0.499. The fraction of sp³-hybridized carbons (Fsp3) is 0.385. The summed E-state index contributed by atoms with van der Waals surface area (Å²) in [5.74, 6) is -0.453. The third kappa shape index (κ3) is 3.85. The molecule has 1 aliphatic carbocycles. The third-order valence-electron chi connectivity index (χ3n) is 6.76. The number of anilines is 1. The number of nitrogens with one attached hydrogen (secondary N) is 2. The second kappa shape index (κ2) is 8.69. The van der Waals surface area contributed by atoms with Gasteiger partial charge in [0.2, 0.25) is 0 Å². The number of H-pyrrole nitrogens is 1. The quantitative estimate of drug-likeness (QED) is 0.560. The highest BCUT2D eigenvalue weighted by molar-refractivity contribution is 6.04. The molecule has 166 valence electrons. The van der Waals surface area contributed by atoms with Crippen molar-refractivity contribution in [2.75, 3.05) is 19.0 Å². The molecule has 6 nitrogen and oxygen atoms in total. The van der Waals surface area contributed by atoms with E-state index in [9.17, 15) is 9.59 Å². The van der Waals surface area contributed by atoms with E-state index >= 15 is 0 Å². The predicted octanol–water partition coefficient (Wildman–Crippen LogP) is 4.97. The van der Waals surface area contributed by atoms with Gasteiger partial charge in [0.25, 0.3) is 5.91 Å². The lowest BCUT2D eigenvalue weighted by Gasteiger charge is -2.23. The molecular formula is C26H29N3O3. The molecule has 1 atom stereocenters. The van der Waals surface area contributed by atoms with E-state index in [1.165, 1.54) is 20.0 Å². The van der Waals surface area contributed by atoms with Crippen LogP contribution in [0.5, 0.6) is 0 Å². The van der Waals surface area contributed by atoms with Gasteiger partial charge in [-0.15, -0.1) is 0 Å². The minimum Gasteiger partial charge on any atom is -0.467 e. The summed E-state index contributed by atoms with van der Waals surface area (Å²) in [5, 5.41) is 4.68. The summed E-state index contributed by atoms with van der Waals surface area (Å²) in [5.41, 5.74) is 4.70. The average molecular weight is 432 g/mol. The summed E-state index contributed by atoms with van der Waals surface area (Å²) in [6.45, 7) is 0.574. The molecule has 1 saturated heterocycles. The number of likely N-dealkylation sites (tertiary alicyclic amines) is 1. The van der Waals surface area contributed by atoms with Crippen LogP contribution in [0.2, 0.25) is 0 Å². The third-order valence-corrected chi connectivity index (χ3v) is 6.76. The fourth-order valence-electron chi connectivity index (χ4n) is 5.10. The van der Waals surface area contributed by atoms with Crippen LogP contribution in [0.1, 0.15) is 48.9 Å². The van der Waals surface area contributed by atoms with Gasteiger partial charge in [0.15, 0.2) is 0 Å². The Balaban J connectivity index is 1.55. The molecule has 2 heterocycles. The summed E-state index contributed by atoms with van der Waals surface area (Å²) in [6.07, 6.45) is 6.20. The van der Waals surface area contributed by atoms with Crippen LogP contribution in [0.15, 0.2) is 48.5 Å². The zero-order valence-electron chi connectivity index (χ0n) is 18.4. The van der Waals surface area contributed by atoms with Crippen LogP contribution in [0.4, 0.5) is 5.69 Å². The molecule has 1 aliphatic heterocycles. The molecule has 0 bridgehead atoms. The van der Waals surface area contributed by atoms with E-state index in [4.69, 9.17) is 4.74 Å². The van der Waals surface area contributed by atoms with Crippen LogP contribution in [-0.4, -0.2) is 47.5 Å². The molecule has 6 heteroatoms. The second-order valence-corrected chi connectivity index (χ2v) is 8.84. The number of nitrogens with zero attached hydrogens (tertiary/aromatic N) is 1. The fourth-order valence-corrected chi connectivity index (χ4v) is 5.10. The van der Waals surface area contributed by atoms with Crippen LogP contribution in [-0.2, 0) is 9.53 Å². The standard InChI is InChI=1S/C26H29N3O3/c1-32-26(31)23-12-7-13-29(23)25(30)19-14-18-15-21(17-8-3-2-4-9-17)28-24(18)22(16-19)27-20-10-5-6-11-20/h2-4,8-9,14-16,20,23,27-28H,5-7,10-13H2,1H3/t23-/m0/s1. The van der Waals surface area contributed by atoms with Gasteiger partial charge in [0.1, 0.15) is 6.04 Å². The average Bonchev–Trinajstić information content (AvgIpc) is 3.59. The molecule has 2 fully saturated rings. The molecule has 0 radical (unpaired) electrons. The van der Waals surface area contributed by atoms with Crippen LogP contribution in [0.25, 0.3) is 22.2 Å². The number of hydrogen-bond donors (Lipinski definition) is 2. The van der Waals surface area contributed by atoms with Gasteiger partial charge in [-0.25, -0.2) is 4.79 Å². The molecule has 2 aliphatic rings. The van der Waals surface area contributed by atoms with Gasteiger partial charge in [0, 0.05) is 29.2 Å². The van der Waals surface area contributed by atoms with E-state index in [1.54, 1.807) is 4.90 Å². The molecule has 0 spiro atoms. The SMILES string of the molecule is COC(=O)[C@@H]1CCCN1C(=O)c1cc(NC2CCCC2)c2[nH]c(-c3ccccc3)cc2c1. The number of aromatic nitrogens is 1. The number of hydrogen-bond acceptors (Lipinski definition) is 4. The first-order valence-corrected chi connectivity index (χ1v) is 11.5. The van der Waals surface area contributed by atoms with Crippen molar-refractivity contribution in [1.29, 1.82) is 0 Å². The number of methoxy groups -OCH3 is 1. The van der Waals surface area contributed by atoms with Crippen molar-refractivity contribution >= 4 is 28.5 Å². The Kier molecular flexibility index (Phi) is 5.60. The highest BCUT2D eigenvalue weighted by atomic mass is 16.5. The van der Waals surface area contributed by atoms with Crippen LogP contribution < -0.4 is 5.32 Å². The maximum atomic E-state index is 13.5. The molecule has 5 rings (SSSR count). The summed E-state index contributed by atoms with van der Waals surface area (Å²) in [6, 6.07) is 16.1. The molecular weight excluding hydrogens is 402 g/mol. The monoisotopic (exact) mass is 431 g/mol. The van der Waals surface area contributed by atoms with E-state index in [0.717, 1.165) is 47.1 Å². The van der Waals surface area contributed by atoms with E-state index < -0.39 is 6.04 Å². The zero-order chi connectivity index (χ0) is 22.1. The Morgan fingerprint density at radius 1 is 1.03 bits per heavy atom. The molecule has 32 heavy (non-hydrogen) atoms. The number of aromatic amines is 1. The molecule has 0 unspecified atom stereocenters. The van der Waals surface area contributed by atoms with Crippen molar-refractivity contribution in [2.24, 2.45) is 0 Å². The first kappa shape index (κ1) is 20.6. The largest absolute Gasteiger partial charge is 0.467 e. The van der Waals surface area contributed by atoms with Crippen molar-refractivity contribution in [3.8, 4) is 11.3 Å². The van der Waals surface area contributed by atoms with Gasteiger partial charge in [0.05, 0.1) is 18.3 Å². The maximum Gasteiger partial charge on any atom is 0.328 e. The van der Waals surface area contributed by atoms with Crippen LogP contribution in [0.3, 0.4) is 0 Å². The summed E-state index contributed by atoms with van der Waals surface area (Å²) in [7, 11) is 1.38. The first-order valence-electron chi connectivity index (χ1n) is 11.5. The van der Waals surface area contributed by atoms with Crippen molar-refractivity contribution in [2.45, 2.75) is 50.6 Å². The Bertz CT molecular complexity index is 1130. The highest BCUT2D eigenvalue weighted by Gasteiger charge is 2.35. The Morgan fingerprint density at radius 2 is 1.81 bits per heavy atom.